The smallest absolute Gasteiger partial charge is 0.234 e. The lowest BCUT2D eigenvalue weighted by atomic mass is 10.1. The van der Waals surface area contributed by atoms with Gasteiger partial charge in [0.25, 0.3) is 0 Å². The predicted octanol–water partition coefficient (Wildman–Crippen LogP) is 1.09. The van der Waals surface area contributed by atoms with Crippen LogP contribution in [-0.4, -0.2) is 46.6 Å². The van der Waals surface area contributed by atoms with Crippen molar-refractivity contribution in [3.05, 3.63) is 15.6 Å². The molecule has 2 heterocycles. The highest BCUT2D eigenvalue weighted by Crippen LogP contribution is 2.18. The molecule has 0 saturated carbocycles. The zero-order valence-electron chi connectivity index (χ0n) is 12.2. The third-order valence-corrected chi connectivity index (χ3v) is 4.84. The number of hydrogen-bond acceptors (Lipinski definition) is 5. The molecule has 2 N–H and O–H groups in total. The van der Waals surface area contributed by atoms with Gasteiger partial charge in [0.15, 0.2) is 0 Å². The molecule has 6 heteroatoms. The van der Waals surface area contributed by atoms with Gasteiger partial charge in [0.1, 0.15) is 0 Å². The fourth-order valence-corrected chi connectivity index (χ4v) is 3.37. The van der Waals surface area contributed by atoms with Crippen LogP contribution in [0.3, 0.4) is 0 Å². The van der Waals surface area contributed by atoms with Gasteiger partial charge in [-0.15, -0.1) is 11.3 Å². The third kappa shape index (κ3) is 4.26. The van der Waals surface area contributed by atoms with E-state index in [-0.39, 0.29) is 12.0 Å². The Balaban J connectivity index is 1.78. The largest absolute Gasteiger partial charge is 0.392 e. The van der Waals surface area contributed by atoms with E-state index < -0.39 is 0 Å². The molecule has 1 aliphatic heterocycles. The molecule has 0 bridgehead atoms. The Labute approximate surface area is 124 Å². The van der Waals surface area contributed by atoms with Gasteiger partial charge < -0.3 is 10.4 Å². The van der Waals surface area contributed by atoms with E-state index in [0.29, 0.717) is 19.6 Å². The number of hydrogen-bond donors (Lipinski definition) is 2. The minimum atomic E-state index is -0.285. The fraction of sp³-hybridized carbons (Fsp3) is 0.714. The van der Waals surface area contributed by atoms with E-state index in [1.165, 1.54) is 0 Å². The number of aliphatic hydroxyl groups is 1. The van der Waals surface area contributed by atoms with E-state index in [1.54, 1.807) is 11.3 Å². The molecule has 1 aliphatic rings. The lowest BCUT2D eigenvalue weighted by Crippen LogP contribution is -2.44. The van der Waals surface area contributed by atoms with Crippen molar-refractivity contribution in [2.24, 2.45) is 0 Å². The SMILES string of the molecule is CCc1nc(C)c(CNC(=O)CN2CCC[C@H](O)C2)s1. The van der Waals surface area contributed by atoms with Gasteiger partial charge in [0.05, 0.1) is 29.9 Å². The first kappa shape index (κ1) is 15.4. The molecule has 1 aromatic rings. The Bertz CT molecular complexity index is 461. The summed E-state index contributed by atoms with van der Waals surface area (Å²) >= 11 is 1.67. The number of piperidine rings is 1. The topological polar surface area (TPSA) is 65.5 Å². The average molecular weight is 297 g/mol. The minimum Gasteiger partial charge on any atom is -0.392 e. The predicted molar refractivity (Wildman–Crippen MR) is 79.8 cm³/mol. The number of nitrogens with one attached hydrogen (secondary N) is 1. The number of amides is 1. The molecular weight excluding hydrogens is 274 g/mol. The molecule has 1 amide bonds. The van der Waals surface area contributed by atoms with Gasteiger partial charge in [-0.25, -0.2) is 4.98 Å². The maximum atomic E-state index is 11.9. The normalized spacial score (nSPS) is 20.1. The van der Waals surface area contributed by atoms with E-state index in [1.807, 2.05) is 11.8 Å². The number of nitrogens with zero attached hydrogens (tertiary/aromatic N) is 2. The van der Waals surface area contributed by atoms with Crippen LogP contribution in [0, 0.1) is 6.92 Å². The molecule has 0 aliphatic carbocycles. The standard InChI is InChI=1S/C14H23N3O2S/c1-3-14-16-10(2)12(20-14)7-15-13(19)9-17-6-4-5-11(18)8-17/h11,18H,3-9H2,1-2H3,(H,15,19)/t11-/m0/s1. The van der Waals surface area contributed by atoms with Gasteiger partial charge in [0, 0.05) is 11.4 Å². The molecule has 0 aromatic carbocycles. The second kappa shape index (κ2) is 7.15. The van der Waals surface area contributed by atoms with Gasteiger partial charge in [0.2, 0.25) is 5.91 Å². The first-order valence-electron chi connectivity index (χ1n) is 7.20. The average Bonchev–Trinajstić information content (AvgIpc) is 2.77. The van der Waals surface area contributed by atoms with Gasteiger partial charge in [-0.2, -0.15) is 0 Å². The molecule has 20 heavy (non-hydrogen) atoms. The van der Waals surface area contributed by atoms with Crippen LogP contribution in [-0.2, 0) is 17.8 Å². The number of aryl methyl sites for hydroxylation is 2. The number of β-amino-alcohol motifs (C(OH)–C–C–N with tert-alkyl or cyclic N) is 1. The van der Waals surface area contributed by atoms with Crippen molar-refractivity contribution < 1.29 is 9.90 Å². The minimum absolute atomic E-state index is 0.0185. The highest BCUT2D eigenvalue weighted by Gasteiger charge is 2.19. The molecule has 0 radical (unpaired) electrons. The monoisotopic (exact) mass is 297 g/mol. The summed E-state index contributed by atoms with van der Waals surface area (Å²) in [4.78, 5) is 19.5. The lowest BCUT2D eigenvalue weighted by Gasteiger charge is -2.29. The Morgan fingerprint density at radius 2 is 2.40 bits per heavy atom. The molecule has 1 fully saturated rings. The highest BCUT2D eigenvalue weighted by molar-refractivity contribution is 7.11. The zero-order chi connectivity index (χ0) is 14.5. The highest BCUT2D eigenvalue weighted by atomic mass is 32.1. The molecule has 5 nitrogen and oxygen atoms in total. The van der Waals surface area contributed by atoms with Gasteiger partial charge in [-0.3, -0.25) is 9.69 Å². The van der Waals surface area contributed by atoms with Crippen LogP contribution in [0.25, 0.3) is 0 Å². The van der Waals surface area contributed by atoms with E-state index >= 15 is 0 Å². The van der Waals surface area contributed by atoms with Gasteiger partial charge >= 0.3 is 0 Å². The third-order valence-electron chi connectivity index (χ3n) is 3.53. The van der Waals surface area contributed by atoms with Crippen molar-refractivity contribution >= 4 is 17.2 Å². The molecule has 0 unspecified atom stereocenters. The first-order chi connectivity index (χ1) is 9.58. The summed E-state index contributed by atoms with van der Waals surface area (Å²) in [6.07, 6.45) is 2.46. The van der Waals surface area contributed by atoms with Crippen LogP contribution in [0.2, 0.25) is 0 Å². The van der Waals surface area contributed by atoms with Crippen LogP contribution < -0.4 is 5.32 Å². The fourth-order valence-electron chi connectivity index (χ4n) is 2.42. The first-order valence-corrected chi connectivity index (χ1v) is 8.02. The summed E-state index contributed by atoms with van der Waals surface area (Å²) < 4.78 is 0. The second-order valence-electron chi connectivity index (χ2n) is 5.28. The van der Waals surface area contributed by atoms with Crippen molar-refractivity contribution in [3.63, 3.8) is 0 Å². The summed E-state index contributed by atoms with van der Waals surface area (Å²) in [6.45, 7) is 6.49. The maximum Gasteiger partial charge on any atom is 0.234 e. The second-order valence-corrected chi connectivity index (χ2v) is 6.45. The van der Waals surface area contributed by atoms with Crippen LogP contribution in [0.4, 0.5) is 0 Å². The van der Waals surface area contributed by atoms with E-state index in [2.05, 4.69) is 17.2 Å². The molecule has 1 atom stereocenters. The summed E-state index contributed by atoms with van der Waals surface area (Å²) in [7, 11) is 0. The molecule has 1 aromatic heterocycles. The Morgan fingerprint density at radius 3 is 3.05 bits per heavy atom. The quantitative estimate of drug-likeness (QED) is 0.854. The van der Waals surface area contributed by atoms with Crippen molar-refractivity contribution in [2.75, 3.05) is 19.6 Å². The van der Waals surface area contributed by atoms with E-state index in [0.717, 1.165) is 41.4 Å². The number of carbonyl (C=O) groups is 1. The summed E-state index contributed by atoms with van der Waals surface area (Å²) in [5.41, 5.74) is 1.01. The molecule has 0 spiro atoms. The summed E-state index contributed by atoms with van der Waals surface area (Å²) in [5, 5.41) is 13.7. The van der Waals surface area contributed by atoms with Crippen LogP contribution >= 0.6 is 11.3 Å². The number of aliphatic hydroxyl groups excluding tert-OH is 1. The Kier molecular flexibility index (Phi) is 5.51. The molecule has 2 rings (SSSR count). The number of likely N-dealkylation sites (tertiary alicyclic amines) is 1. The van der Waals surface area contributed by atoms with Crippen molar-refractivity contribution in [1.29, 1.82) is 0 Å². The number of rotatable bonds is 5. The number of carbonyl (C=O) groups excluding carboxylic acids is 1. The van der Waals surface area contributed by atoms with Crippen LogP contribution in [0.5, 0.6) is 0 Å². The zero-order valence-corrected chi connectivity index (χ0v) is 13.0. The van der Waals surface area contributed by atoms with Crippen LogP contribution in [0.15, 0.2) is 0 Å². The molecule has 112 valence electrons. The van der Waals surface area contributed by atoms with Crippen molar-refractivity contribution in [2.45, 2.75) is 45.8 Å². The van der Waals surface area contributed by atoms with Crippen molar-refractivity contribution in [1.82, 2.24) is 15.2 Å². The lowest BCUT2D eigenvalue weighted by molar-refractivity contribution is -0.123. The van der Waals surface area contributed by atoms with E-state index in [4.69, 9.17) is 0 Å². The van der Waals surface area contributed by atoms with Gasteiger partial charge in [-0.1, -0.05) is 6.92 Å². The number of aromatic nitrogens is 1. The summed E-state index contributed by atoms with van der Waals surface area (Å²) in [5.74, 6) is 0.0185. The molecular formula is C14H23N3O2S. The van der Waals surface area contributed by atoms with Crippen molar-refractivity contribution in [3.8, 4) is 0 Å². The Morgan fingerprint density at radius 1 is 1.60 bits per heavy atom. The molecule has 1 saturated heterocycles. The summed E-state index contributed by atoms with van der Waals surface area (Å²) in [6, 6.07) is 0. The van der Waals surface area contributed by atoms with Crippen LogP contribution in [0.1, 0.15) is 35.3 Å². The van der Waals surface area contributed by atoms with E-state index in [9.17, 15) is 9.90 Å². The maximum absolute atomic E-state index is 11.9. The Hall–Kier alpha value is -0.980. The number of thiazole rings is 1. The van der Waals surface area contributed by atoms with Gasteiger partial charge in [-0.05, 0) is 32.7 Å².